The number of furan rings is 4. The first-order chi connectivity index (χ1) is 35.6. The van der Waals surface area contributed by atoms with Gasteiger partial charge in [0.15, 0.2) is 0 Å². The van der Waals surface area contributed by atoms with E-state index < -0.39 is 0 Å². The molecule has 0 amide bonds. The Morgan fingerprint density at radius 2 is 0.500 bits per heavy atom. The Hall–Kier alpha value is -9.78. The first-order valence-electron chi connectivity index (χ1n) is 24.4. The van der Waals surface area contributed by atoms with Gasteiger partial charge >= 0.3 is 0 Å². The molecule has 11 aromatic carbocycles. The van der Waals surface area contributed by atoms with E-state index in [9.17, 15) is 0 Å². The zero-order chi connectivity index (χ0) is 46.8. The van der Waals surface area contributed by atoms with Gasteiger partial charge < -0.3 is 26.8 Å². The van der Waals surface area contributed by atoms with Crippen LogP contribution >= 0.6 is 0 Å². The molecule has 0 N–H and O–H groups in total. The highest BCUT2D eigenvalue weighted by Crippen LogP contribution is 2.43. The predicted octanol–water partition coefficient (Wildman–Crippen LogP) is 18.8. The first-order valence-corrected chi connectivity index (χ1v) is 24.4. The summed E-state index contributed by atoms with van der Waals surface area (Å²) in [5.74, 6) is 0. The van der Waals surface area contributed by atoms with Gasteiger partial charge in [-0.1, -0.05) is 103 Å². The summed E-state index contributed by atoms with van der Waals surface area (Å²) in [7, 11) is 0. The minimum absolute atomic E-state index is 0.801. The SMILES string of the molecule is c1cc(-c2ccc3oc4cc5oc6ccc(-n7c8ccccc8c8ccccc87)cc6c5cc4c3c2)cc(-c2ccc3oc4cc5oc6ccc(-n7c8ccccc8c8ccccc87)cc6c5cc4c3c2)c1. The van der Waals surface area contributed by atoms with Crippen LogP contribution in [-0.2, 0) is 0 Å². The monoisotopic (exact) mass is 920 g/mol. The van der Waals surface area contributed by atoms with Gasteiger partial charge in [0.25, 0.3) is 0 Å². The Labute approximate surface area is 408 Å². The molecule has 0 spiro atoms. The van der Waals surface area contributed by atoms with Crippen LogP contribution in [-0.4, -0.2) is 9.13 Å². The van der Waals surface area contributed by atoms with Gasteiger partial charge in [0.1, 0.15) is 44.7 Å². The molecule has 0 unspecified atom stereocenters. The van der Waals surface area contributed by atoms with Gasteiger partial charge in [0.2, 0.25) is 0 Å². The Kier molecular flexibility index (Phi) is 7.38. The normalized spacial score (nSPS) is 12.4. The average molecular weight is 921 g/mol. The molecular formula is C66H36N2O4. The van der Waals surface area contributed by atoms with Crippen molar-refractivity contribution in [2.45, 2.75) is 0 Å². The second-order valence-electron chi connectivity index (χ2n) is 19.2. The topological polar surface area (TPSA) is 62.4 Å². The van der Waals surface area contributed by atoms with Crippen molar-refractivity contribution in [3.63, 3.8) is 0 Å². The van der Waals surface area contributed by atoms with Gasteiger partial charge in [-0.25, -0.2) is 0 Å². The van der Waals surface area contributed by atoms with Crippen molar-refractivity contribution in [1.29, 1.82) is 0 Å². The second-order valence-corrected chi connectivity index (χ2v) is 19.2. The van der Waals surface area contributed by atoms with E-state index in [-0.39, 0.29) is 0 Å². The lowest BCUT2D eigenvalue weighted by molar-refractivity contribution is 0.655. The Morgan fingerprint density at radius 1 is 0.194 bits per heavy atom. The van der Waals surface area contributed by atoms with Gasteiger partial charge in [-0.3, -0.25) is 0 Å². The molecule has 72 heavy (non-hydrogen) atoms. The molecule has 6 heteroatoms. The fourth-order valence-electron chi connectivity index (χ4n) is 12.0. The van der Waals surface area contributed by atoms with E-state index in [0.29, 0.717) is 0 Å². The summed E-state index contributed by atoms with van der Waals surface area (Å²) < 4.78 is 30.7. The number of hydrogen-bond acceptors (Lipinski definition) is 4. The maximum Gasteiger partial charge on any atom is 0.139 e. The molecule has 0 saturated heterocycles. The third kappa shape index (κ3) is 5.27. The molecule has 6 heterocycles. The van der Waals surface area contributed by atoms with E-state index in [1.807, 2.05) is 12.1 Å². The summed E-state index contributed by atoms with van der Waals surface area (Å²) in [6, 6.07) is 77.9. The van der Waals surface area contributed by atoms with Crippen molar-refractivity contribution < 1.29 is 17.7 Å². The number of nitrogens with zero attached hydrogens (tertiary/aromatic N) is 2. The molecule has 6 aromatic heterocycles. The molecule has 0 fully saturated rings. The van der Waals surface area contributed by atoms with E-state index in [0.717, 1.165) is 121 Å². The molecular weight excluding hydrogens is 885 g/mol. The zero-order valence-corrected chi connectivity index (χ0v) is 38.3. The molecule has 0 aliphatic heterocycles. The quantitative estimate of drug-likeness (QED) is 0.176. The van der Waals surface area contributed by atoms with Gasteiger partial charge in [0, 0.05) is 88.1 Å². The molecule has 0 atom stereocenters. The summed E-state index contributed by atoms with van der Waals surface area (Å²) in [4.78, 5) is 0. The third-order valence-corrected chi connectivity index (χ3v) is 15.3. The number of fused-ring (bicyclic) bond motifs is 18. The van der Waals surface area contributed by atoms with Gasteiger partial charge in [-0.2, -0.15) is 0 Å². The average Bonchev–Trinajstić information content (AvgIpc) is 4.28. The summed E-state index contributed by atoms with van der Waals surface area (Å²) in [5, 5.41) is 13.4. The van der Waals surface area contributed by atoms with Crippen molar-refractivity contribution in [1.82, 2.24) is 9.13 Å². The molecule has 0 radical (unpaired) electrons. The van der Waals surface area contributed by atoms with E-state index in [4.69, 9.17) is 17.7 Å². The fourth-order valence-corrected chi connectivity index (χ4v) is 12.0. The highest BCUT2D eigenvalue weighted by molar-refractivity contribution is 6.18. The zero-order valence-electron chi connectivity index (χ0n) is 38.3. The van der Waals surface area contributed by atoms with Crippen LogP contribution in [0.3, 0.4) is 0 Å². The molecule has 17 rings (SSSR count). The minimum atomic E-state index is 0.801. The Balaban J connectivity index is 0.755. The van der Waals surface area contributed by atoms with Crippen LogP contribution in [0.5, 0.6) is 0 Å². The lowest BCUT2D eigenvalue weighted by Gasteiger charge is -2.08. The fraction of sp³-hybridized carbons (Fsp3) is 0. The number of aromatic nitrogens is 2. The van der Waals surface area contributed by atoms with Crippen LogP contribution in [0.15, 0.2) is 236 Å². The Morgan fingerprint density at radius 3 is 0.875 bits per heavy atom. The molecule has 334 valence electrons. The third-order valence-electron chi connectivity index (χ3n) is 15.3. The van der Waals surface area contributed by atoms with Crippen molar-refractivity contribution in [2.75, 3.05) is 0 Å². The number of hydrogen-bond donors (Lipinski definition) is 0. The second kappa shape index (κ2) is 13.9. The van der Waals surface area contributed by atoms with E-state index >= 15 is 0 Å². The lowest BCUT2D eigenvalue weighted by atomic mass is 9.97. The summed E-state index contributed by atoms with van der Waals surface area (Å²) in [6.45, 7) is 0. The highest BCUT2D eigenvalue weighted by atomic mass is 16.3. The van der Waals surface area contributed by atoms with Gasteiger partial charge in [-0.15, -0.1) is 0 Å². The molecule has 6 nitrogen and oxygen atoms in total. The summed E-state index contributed by atoms with van der Waals surface area (Å²) >= 11 is 0. The molecule has 17 aromatic rings. The molecule has 0 aliphatic rings. The van der Waals surface area contributed by atoms with Crippen molar-refractivity contribution >= 4 is 131 Å². The number of benzene rings is 11. The molecule has 0 bridgehead atoms. The van der Waals surface area contributed by atoms with Gasteiger partial charge in [-0.05, 0) is 125 Å². The van der Waals surface area contributed by atoms with E-state index in [2.05, 4.69) is 215 Å². The Bertz CT molecular complexity index is 4760. The van der Waals surface area contributed by atoms with Crippen LogP contribution in [0.1, 0.15) is 0 Å². The van der Waals surface area contributed by atoms with E-state index in [1.54, 1.807) is 0 Å². The first kappa shape index (κ1) is 38.1. The summed E-state index contributed by atoms with van der Waals surface area (Å²) in [5.41, 5.74) is 18.0. The largest absolute Gasteiger partial charge is 0.456 e. The highest BCUT2D eigenvalue weighted by Gasteiger charge is 2.20. The minimum Gasteiger partial charge on any atom is -0.456 e. The number of rotatable bonds is 4. The standard InChI is InChI=1S/C66H36N2O4/c1-5-16-55-43(12-1)44-13-2-6-17-56(44)67(55)41-22-26-61-49(31-41)53-33-51-47-29-39(20-24-59(47)69-63(51)35-65(53)71-61)37-10-9-11-38(28-37)40-21-25-60-48(30-40)52-34-54-50-32-42(23-27-62(50)72-66(54)36-64(52)70-60)68-57-18-7-3-14-45(57)46-15-4-8-19-58(46)68/h1-36H. The van der Waals surface area contributed by atoms with Crippen molar-refractivity contribution in [3.05, 3.63) is 218 Å². The van der Waals surface area contributed by atoms with Crippen LogP contribution in [0.4, 0.5) is 0 Å². The van der Waals surface area contributed by atoms with Crippen molar-refractivity contribution in [3.8, 4) is 33.6 Å². The van der Waals surface area contributed by atoms with E-state index in [1.165, 1.54) is 43.6 Å². The van der Waals surface area contributed by atoms with Crippen LogP contribution in [0, 0.1) is 0 Å². The van der Waals surface area contributed by atoms with Crippen molar-refractivity contribution in [2.24, 2.45) is 0 Å². The number of para-hydroxylation sites is 4. The maximum atomic E-state index is 6.51. The van der Waals surface area contributed by atoms with Crippen LogP contribution < -0.4 is 0 Å². The lowest BCUT2D eigenvalue weighted by Crippen LogP contribution is -1.93. The maximum absolute atomic E-state index is 6.51. The molecule has 0 saturated carbocycles. The summed E-state index contributed by atoms with van der Waals surface area (Å²) in [6.07, 6.45) is 0. The van der Waals surface area contributed by atoms with Gasteiger partial charge in [0.05, 0.1) is 22.1 Å². The van der Waals surface area contributed by atoms with Crippen LogP contribution in [0.25, 0.3) is 165 Å². The van der Waals surface area contributed by atoms with Crippen LogP contribution in [0.2, 0.25) is 0 Å². The predicted molar refractivity (Wildman–Crippen MR) is 295 cm³/mol. The smallest absolute Gasteiger partial charge is 0.139 e. The molecule has 0 aliphatic carbocycles.